The van der Waals surface area contributed by atoms with Gasteiger partial charge in [-0.2, -0.15) is 0 Å². The summed E-state index contributed by atoms with van der Waals surface area (Å²) >= 11 is 0. The zero-order chi connectivity index (χ0) is 22.9. The van der Waals surface area contributed by atoms with Gasteiger partial charge in [-0.05, 0) is 135 Å². The molecule has 1 atom stereocenters. The SMILES string of the molecule is Cc1cc(CCC(Cc2cc(C)c(O)cc2C)c2cc(C)c(O)cc2C)c(C)cc1O. The number of aryl methyl sites for hydroxylation is 7. The molecular weight excluding hydrogens is 384 g/mol. The van der Waals surface area contributed by atoms with Crippen molar-refractivity contribution in [2.45, 2.75) is 66.7 Å². The predicted molar refractivity (Wildman–Crippen MR) is 128 cm³/mol. The van der Waals surface area contributed by atoms with Crippen LogP contribution >= 0.6 is 0 Å². The van der Waals surface area contributed by atoms with Gasteiger partial charge in [0.2, 0.25) is 0 Å². The van der Waals surface area contributed by atoms with Crippen LogP contribution in [-0.2, 0) is 12.8 Å². The molecule has 0 bridgehead atoms. The molecule has 1 unspecified atom stereocenters. The number of hydrogen-bond acceptors (Lipinski definition) is 3. The maximum atomic E-state index is 10.2. The molecule has 0 saturated carbocycles. The lowest BCUT2D eigenvalue weighted by Gasteiger charge is -2.23. The number of benzene rings is 3. The van der Waals surface area contributed by atoms with Gasteiger partial charge in [0, 0.05) is 0 Å². The Labute approximate surface area is 186 Å². The summed E-state index contributed by atoms with van der Waals surface area (Å²) in [6, 6.07) is 11.9. The maximum Gasteiger partial charge on any atom is 0.118 e. The fourth-order valence-corrected chi connectivity index (χ4v) is 4.44. The highest BCUT2D eigenvalue weighted by atomic mass is 16.3. The maximum absolute atomic E-state index is 10.2. The van der Waals surface area contributed by atoms with E-state index in [1.807, 2.05) is 52.8 Å². The summed E-state index contributed by atoms with van der Waals surface area (Å²) in [5.41, 5.74) is 9.74. The first-order valence-corrected chi connectivity index (χ1v) is 10.9. The van der Waals surface area contributed by atoms with Gasteiger partial charge in [-0.1, -0.05) is 18.2 Å². The molecule has 3 heteroatoms. The molecule has 0 aromatic heterocycles. The molecule has 3 nitrogen and oxygen atoms in total. The Morgan fingerprint density at radius 3 is 1.58 bits per heavy atom. The molecule has 3 rings (SSSR count). The highest BCUT2D eigenvalue weighted by molar-refractivity contribution is 5.46. The quantitative estimate of drug-likeness (QED) is 0.422. The van der Waals surface area contributed by atoms with Crippen molar-refractivity contribution < 1.29 is 15.3 Å². The van der Waals surface area contributed by atoms with Gasteiger partial charge in [0.1, 0.15) is 17.2 Å². The molecule has 0 aliphatic carbocycles. The zero-order valence-corrected chi connectivity index (χ0v) is 19.5. The topological polar surface area (TPSA) is 60.7 Å². The van der Waals surface area contributed by atoms with Crippen molar-refractivity contribution in [2.75, 3.05) is 0 Å². The number of hydrogen-bond donors (Lipinski definition) is 3. The number of phenolic OH excluding ortho intramolecular Hbond substituents is 3. The largest absolute Gasteiger partial charge is 0.508 e. The molecule has 3 N–H and O–H groups in total. The van der Waals surface area contributed by atoms with Crippen molar-refractivity contribution in [3.63, 3.8) is 0 Å². The van der Waals surface area contributed by atoms with Crippen LogP contribution in [0.2, 0.25) is 0 Å². The van der Waals surface area contributed by atoms with Crippen molar-refractivity contribution in [2.24, 2.45) is 0 Å². The van der Waals surface area contributed by atoms with E-state index in [2.05, 4.69) is 25.1 Å². The summed E-state index contributed by atoms with van der Waals surface area (Å²) < 4.78 is 0. The van der Waals surface area contributed by atoms with E-state index in [4.69, 9.17) is 0 Å². The Balaban J connectivity index is 1.98. The zero-order valence-electron chi connectivity index (χ0n) is 19.5. The summed E-state index contributed by atoms with van der Waals surface area (Å²) in [4.78, 5) is 0. The molecule has 0 heterocycles. The predicted octanol–water partition coefficient (Wildman–Crippen LogP) is 6.61. The molecule has 0 fully saturated rings. The summed E-state index contributed by atoms with van der Waals surface area (Å²) in [6.45, 7) is 12.0. The van der Waals surface area contributed by atoms with Crippen LogP contribution in [0.3, 0.4) is 0 Å². The van der Waals surface area contributed by atoms with Crippen LogP contribution in [0.4, 0.5) is 0 Å². The third-order valence-corrected chi connectivity index (χ3v) is 6.56. The first-order valence-electron chi connectivity index (χ1n) is 10.9. The van der Waals surface area contributed by atoms with Gasteiger partial charge < -0.3 is 15.3 Å². The minimum absolute atomic E-state index is 0.274. The first kappa shape index (κ1) is 22.7. The molecule has 164 valence electrons. The van der Waals surface area contributed by atoms with E-state index in [0.29, 0.717) is 17.2 Å². The van der Waals surface area contributed by atoms with Gasteiger partial charge in [0.15, 0.2) is 0 Å². The Morgan fingerprint density at radius 2 is 1.00 bits per heavy atom. The fraction of sp³-hybridized carbons (Fsp3) is 0.357. The Bertz CT molecular complexity index is 1110. The van der Waals surface area contributed by atoms with E-state index in [0.717, 1.165) is 52.6 Å². The van der Waals surface area contributed by atoms with E-state index in [1.54, 1.807) is 0 Å². The second kappa shape index (κ2) is 9.05. The van der Waals surface area contributed by atoms with Crippen LogP contribution < -0.4 is 0 Å². The second-order valence-electron chi connectivity index (χ2n) is 9.07. The molecule has 0 amide bonds. The van der Waals surface area contributed by atoms with E-state index < -0.39 is 0 Å². The average molecular weight is 419 g/mol. The van der Waals surface area contributed by atoms with Gasteiger partial charge in [-0.15, -0.1) is 0 Å². The van der Waals surface area contributed by atoms with Crippen LogP contribution in [0.1, 0.15) is 62.4 Å². The Kier molecular flexibility index (Phi) is 6.64. The smallest absolute Gasteiger partial charge is 0.118 e. The fourth-order valence-electron chi connectivity index (χ4n) is 4.44. The molecule has 0 aliphatic rings. The van der Waals surface area contributed by atoms with E-state index in [-0.39, 0.29) is 5.92 Å². The molecule has 3 aromatic rings. The standard InChI is InChI=1S/C28H34O3/c1-16-12-26(29)19(4)9-22(16)7-8-23(25-11-21(6)28(31)14-18(25)3)15-24-10-20(5)27(30)13-17(24)2/h9-14,23,29-31H,7-8,15H2,1-6H3. The third-order valence-electron chi connectivity index (χ3n) is 6.56. The summed E-state index contributed by atoms with van der Waals surface area (Å²) in [5, 5.41) is 30.2. The highest BCUT2D eigenvalue weighted by Gasteiger charge is 2.19. The van der Waals surface area contributed by atoms with Gasteiger partial charge in [-0.3, -0.25) is 0 Å². The van der Waals surface area contributed by atoms with Crippen molar-refractivity contribution in [1.82, 2.24) is 0 Å². The molecule has 0 saturated heterocycles. The monoisotopic (exact) mass is 418 g/mol. The normalized spacial score (nSPS) is 12.2. The van der Waals surface area contributed by atoms with Crippen molar-refractivity contribution >= 4 is 0 Å². The Morgan fingerprint density at radius 1 is 0.548 bits per heavy atom. The van der Waals surface area contributed by atoms with Gasteiger partial charge in [0.05, 0.1) is 0 Å². The van der Waals surface area contributed by atoms with E-state index in [1.165, 1.54) is 16.7 Å². The Hall–Kier alpha value is -2.94. The minimum Gasteiger partial charge on any atom is -0.508 e. The molecule has 0 spiro atoms. The van der Waals surface area contributed by atoms with Crippen molar-refractivity contribution in [3.05, 3.63) is 86.5 Å². The van der Waals surface area contributed by atoms with Crippen molar-refractivity contribution in [1.29, 1.82) is 0 Å². The minimum atomic E-state index is 0.274. The molecule has 0 radical (unpaired) electrons. The lowest BCUT2D eigenvalue weighted by atomic mass is 9.82. The summed E-state index contributed by atoms with van der Waals surface area (Å²) in [7, 11) is 0. The van der Waals surface area contributed by atoms with Gasteiger partial charge >= 0.3 is 0 Å². The van der Waals surface area contributed by atoms with E-state index in [9.17, 15) is 15.3 Å². The van der Waals surface area contributed by atoms with Gasteiger partial charge in [0.25, 0.3) is 0 Å². The molecule has 31 heavy (non-hydrogen) atoms. The lowest BCUT2D eigenvalue weighted by molar-refractivity contribution is 0.468. The highest BCUT2D eigenvalue weighted by Crippen LogP contribution is 2.35. The number of rotatable bonds is 6. The van der Waals surface area contributed by atoms with Gasteiger partial charge in [-0.25, -0.2) is 0 Å². The third kappa shape index (κ3) is 5.04. The lowest BCUT2D eigenvalue weighted by Crippen LogP contribution is -2.09. The van der Waals surface area contributed by atoms with Crippen LogP contribution in [0, 0.1) is 41.5 Å². The second-order valence-corrected chi connectivity index (χ2v) is 9.07. The molecular formula is C28H34O3. The number of aromatic hydroxyl groups is 3. The van der Waals surface area contributed by atoms with Crippen LogP contribution in [0.25, 0.3) is 0 Å². The summed E-state index contributed by atoms with van der Waals surface area (Å²) in [5.74, 6) is 1.29. The average Bonchev–Trinajstić information content (AvgIpc) is 2.69. The molecule has 0 aliphatic heterocycles. The summed E-state index contributed by atoms with van der Waals surface area (Å²) in [6.07, 6.45) is 2.73. The molecule has 3 aromatic carbocycles. The van der Waals surface area contributed by atoms with Crippen LogP contribution in [-0.4, -0.2) is 15.3 Å². The first-order chi connectivity index (χ1) is 14.6. The number of phenols is 3. The van der Waals surface area contributed by atoms with Crippen LogP contribution in [0.15, 0.2) is 36.4 Å². The van der Waals surface area contributed by atoms with Crippen LogP contribution in [0.5, 0.6) is 17.2 Å². The van der Waals surface area contributed by atoms with E-state index >= 15 is 0 Å². The van der Waals surface area contributed by atoms with Crippen molar-refractivity contribution in [3.8, 4) is 17.2 Å².